The van der Waals surface area contributed by atoms with E-state index in [4.69, 9.17) is 4.74 Å². The molecule has 3 heteroatoms. The van der Waals surface area contributed by atoms with Crippen LogP contribution in [0.15, 0.2) is 78.9 Å². The van der Waals surface area contributed by atoms with Gasteiger partial charge in [0, 0.05) is 11.3 Å². The lowest BCUT2D eigenvalue weighted by atomic mass is 10.0. The second-order valence-corrected chi connectivity index (χ2v) is 5.82. The van der Waals surface area contributed by atoms with Crippen molar-refractivity contribution in [1.82, 2.24) is 0 Å². The first-order valence-corrected chi connectivity index (χ1v) is 8.12. The van der Waals surface area contributed by atoms with Gasteiger partial charge < -0.3 is 4.74 Å². The fourth-order valence-electron chi connectivity index (χ4n) is 3.08. The first kappa shape index (κ1) is 15.2. The van der Waals surface area contributed by atoms with Crippen molar-refractivity contribution in [3.63, 3.8) is 0 Å². The van der Waals surface area contributed by atoms with Crippen LogP contribution >= 0.6 is 0 Å². The zero-order valence-electron chi connectivity index (χ0n) is 13.8. The van der Waals surface area contributed by atoms with Gasteiger partial charge in [0.2, 0.25) is 0 Å². The van der Waals surface area contributed by atoms with Crippen molar-refractivity contribution < 1.29 is 9.53 Å². The Morgan fingerprint density at radius 3 is 2.24 bits per heavy atom. The molecular weight excluding hydrogens is 310 g/mol. The van der Waals surface area contributed by atoms with Crippen molar-refractivity contribution in [3.05, 3.63) is 90.0 Å². The maximum Gasteiger partial charge on any atom is 0.263 e. The molecule has 0 bridgehead atoms. The summed E-state index contributed by atoms with van der Waals surface area (Å²) in [6, 6.07) is 25.3. The number of para-hydroxylation sites is 2. The molecule has 1 amide bonds. The van der Waals surface area contributed by atoms with Gasteiger partial charge >= 0.3 is 0 Å². The van der Waals surface area contributed by atoms with Crippen molar-refractivity contribution in [2.75, 3.05) is 12.0 Å². The minimum Gasteiger partial charge on any atom is -0.497 e. The highest BCUT2D eigenvalue weighted by Gasteiger charge is 2.32. The van der Waals surface area contributed by atoms with Gasteiger partial charge in [-0.3, -0.25) is 9.69 Å². The van der Waals surface area contributed by atoms with Crippen LogP contribution in [0.25, 0.3) is 11.6 Å². The maximum atomic E-state index is 13.1. The van der Waals surface area contributed by atoms with Gasteiger partial charge in [-0.1, -0.05) is 48.5 Å². The van der Waals surface area contributed by atoms with Crippen LogP contribution in [-0.2, 0) is 4.79 Å². The molecule has 0 saturated heterocycles. The van der Waals surface area contributed by atoms with Crippen molar-refractivity contribution in [2.45, 2.75) is 0 Å². The molecule has 0 aromatic heterocycles. The molecule has 1 aliphatic rings. The summed E-state index contributed by atoms with van der Waals surface area (Å²) in [7, 11) is 1.64. The van der Waals surface area contributed by atoms with E-state index in [2.05, 4.69) is 0 Å². The van der Waals surface area contributed by atoms with E-state index >= 15 is 0 Å². The van der Waals surface area contributed by atoms with Gasteiger partial charge in [-0.2, -0.15) is 0 Å². The molecule has 122 valence electrons. The van der Waals surface area contributed by atoms with E-state index in [1.807, 2.05) is 84.9 Å². The fraction of sp³-hybridized carbons (Fsp3) is 0.0455. The second-order valence-electron chi connectivity index (χ2n) is 5.82. The predicted octanol–water partition coefficient (Wildman–Crippen LogP) is 4.91. The van der Waals surface area contributed by atoms with Crippen LogP contribution in [0.5, 0.6) is 5.75 Å². The molecule has 4 rings (SSSR count). The number of benzene rings is 3. The van der Waals surface area contributed by atoms with E-state index in [-0.39, 0.29) is 5.91 Å². The summed E-state index contributed by atoms with van der Waals surface area (Å²) in [5.74, 6) is 0.787. The van der Waals surface area contributed by atoms with Crippen LogP contribution in [0.4, 0.5) is 11.4 Å². The Hall–Kier alpha value is -3.33. The van der Waals surface area contributed by atoms with Crippen molar-refractivity contribution in [2.24, 2.45) is 0 Å². The number of carbonyl (C=O) groups is 1. The Kier molecular flexibility index (Phi) is 3.82. The summed E-state index contributed by atoms with van der Waals surface area (Å²) >= 11 is 0. The number of nitrogens with zero attached hydrogens (tertiary/aromatic N) is 1. The standard InChI is InChI=1S/C22H17NO2/c1-25-18-13-11-16(12-14-18)15-20-19-9-5-6-10-21(19)23(22(20)24)17-7-3-2-4-8-17/h2-15H,1H3/b20-15+. The number of rotatable bonds is 3. The zero-order chi connectivity index (χ0) is 17.2. The van der Waals surface area contributed by atoms with Crippen molar-refractivity contribution in [3.8, 4) is 5.75 Å². The quantitative estimate of drug-likeness (QED) is 0.639. The molecule has 3 aromatic rings. The Bertz CT molecular complexity index is 943. The van der Waals surface area contributed by atoms with E-state index in [1.165, 1.54) is 0 Å². The first-order valence-electron chi connectivity index (χ1n) is 8.12. The first-order chi connectivity index (χ1) is 12.3. The SMILES string of the molecule is COc1ccc(/C=C2/C(=O)N(c3ccccc3)c3ccccc32)cc1. The molecule has 3 nitrogen and oxygen atoms in total. The van der Waals surface area contributed by atoms with E-state index in [1.54, 1.807) is 12.0 Å². The normalized spacial score (nSPS) is 14.7. The maximum absolute atomic E-state index is 13.1. The predicted molar refractivity (Wildman–Crippen MR) is 101 cm³/mol. The van der Waals surface area contributed by atoms with Crippen LogP contribution in [0.1, 0.15) is 11.1 Å². The summed E-state index contributed by atoms with van der Waals surface area (Å²) in [4.78, 5) is 14.9. The molecule has 0 fully saturated rings. The fourth-order valence-corrected chi connectivity index (χ4v) is 3.08. The molecule has 1 aliphatic heterocycles. The van der Waals surface area contributed by atoms with E-state index in [9.17, 15) is 4.79 Å². The van der Waals surface area contributed by atoms with Gasteiger partial charge in [0.05, 0.1) is 18.4 Å². The summed E-state index contributed by atoms with van der Waals surface area (Å²) in [5, 5.41) is 0. The molecule has 0 aliphatic carbocycles. The number of anilines is 2. The van der Waals surface area contributed by atoms with Gasteiger partial charge in [0.15, 0.2) is 0 Å². The molecule has 0 radical (unpaired) electrons. The molecule has 3 aromatic carbocycles. The molecular formula is C22H17NO2. The average molecular weight is 327 g/mol. The molecule has 0 unspecified atom stereocenters. The number of ether oxygens (including phenoxy) is 1. The molecule has 0 spiro atoms. The highest BCUT2D eigenvalue weighted by atomic mass is 16.5. The van der Waals surface area contributed by atoms with Crippen molar-refractivity contribution in [1.29, 1.82) is 0 Å². The number of amides is 1. The topological polar surface area (TPSA) is 29.5 Å². The smallest absolute Gasteiger partial charge is 0.263 e. The third kappa shape index (κ3) is 2.70. The summed E-state index contributed by atoms with van der Waals surface area (Å²) < 4.78 is 5.20. The number of methoxy groups -OCH3 is 1. The summed E-state index contributed by atoms with van der Waals surface area (Å²) in [6.45, 7) is 0. The van der Waals surface area contributed by atoms with Crippen molar-refractivity contribution >= 4 is 28.9 Å². The largest absolute Gasteiger partial charge is 0.497 e. The molecule has 25 heavy (non-hydrogen) atoms. The lowest BCUT2D eigenvalue weighted by Gasteiger charge is -2.16. The van der Waals surface area contributed by atoms with Gasteiger partial charge in [0.1, 0.15) is 5.75 Å². The van der Waals surface area contributed by atoms with E-state index in [0.29, 0.717) is 5.57 Å². The van der Waals surface area contributed by atoms with Gasteiger partial charge in [-0.25, -0.2) is 0 Å². The van der Waals surface area contributed by atoms with Gasteiger partial charge in [-0.15, -0.1) is 0 Å². The van der Waals surface area contributed by atoms with Crippen LogP contribution in [0, 0.1) is 0 Å². The Balaban J connectivity index is 1.81. The molecule has 0 saturated carbocycles. The highest BCUT2D eigenvalue weighted by Crippen LogP contribution is 2.41. The minimum absolute atomic E-state index is 0.0109. The zero-order valence-corrected chi connectivity index (χ0v) is 13.8. The monoisotopic (exact) mass is 327 g/mol. The van der Waals surface area contributed by atoms with Crippen LogP contribution < -0.4 is 9.64 Å². The Morgan fingerprint density at radius 2 is 1.52 bits per heavy atom. The second kappa shape index (κ2) is 6.29. The van der Waals surface area contributed by atoms with E-state index in [0.717, 1.165) is 28.3 Å². The minimum atomic E-state index is -0.0109. The number of fused-ring (bicyclic) bond motifs is 1. The third-order valence-electron chi connectivity index (χ3n) is 4.31. The lowest BCUT2D eigenvalue weighted by molar-refractivity contribution is -0.112. The average Bonchev–Trinajstić information content (AvgIpc) is 2.95. The Morgan fingerprint density at radius 1 is 0.840 bits per heavy atom. The number of carbonyl (C=O) groups excluding carboxylic acids is 1. The number of hydrogen-bond acceptors (Lipinski definition) is 2. The number of hydrogen-bond donors (Lipinski definition) is 0. The van der Waals surface area contributed by atoms with Gasteiger partial charge in [-0.05, 0) is 42.0 Å². The van der Waals surface area contributed by atoms with Crippen LogP contribution in [0.3, 0.4) is 0 Å². The molecule has 1 heterocycles. The highest BCUT2D eigenvalue weighted by molar-refractivity contribution is 6.37. The summed E-state index contributed by atoms with van der Waals surface area (Å²) in [6.07, 6.45) is 1.93. The Labute approximate surface area is 146 Å². The molecule has 0 atom stereocenters. The summed E-state index contributed by atoms with van der Waals surface area (Å²) in [5.41, 5.74) is 4.40. The third-order valence-corrected chi connectivity index (χ3v) is 4.31. The van der Waals surface area contributed by atoms with Gasteiger partial charge in [0.25, 0.3) is 5.91 Å². The van der Waals surface area contributed by atoms with Crippen LogP contribution in [-0.4, -0.2) is 13.0 Å². The lowest BCUT2D eigenvalue weighted by Crippen LogP contribution is -2.20. The molecule has 0 N–H and O–H groups in total. The van der Waals surface area contributed by atoms with E-state index < -0.39 is 0 Å². The van der Waals surface area contributed by atoms with Crippen LogP contribution in [0.2, 0.25) is 0 Å².